The zero-order chi connectivity index (χ0) is 11.7. The van der Waals surface area contributed by atoms with Crippen molar-refractivity contribution in [2.75, 3.05) is 6.54 Å². The van der Waals surface area contributed by atoms with Crippen molar-refractivity contribution >= 4 is 10.0 Å². The van der Waals surface area contributed by atoms with Crippen molar-refractivity contribution in [3.63, 3.8) is 0 Å². The molecular weight excluding hydrogens is 226 g/mol. The highest BCUT2D eigenvalue weighted by molar-refractivity contribution is 7.90. The number of sulfonamides is 1. The highest BCUT2D eigenvalue weighted by atomic mass is 32.2. The molecule has 90 valence electrons. The Balaban J connectivity index is 2.32. The average molecular weight is 242 g/mol. The van der Waals surface area contributed by atoms with Gasteiger partial charge in [0.05, 0.1) is 10.8 Å². The largest absolute Gasteiger partial charge is 0.321 e. The molecule has 0 aromatic heterocycles. The van der Waals surface area contributed by atoms with E-state index in [0.717, 1.165) is 0 Å². The minimum atomic E-state index is -3.29. The molecule has 1 atom stereocenters. The zero-order valence-corrected chi connectivity index (χ0v) is 9.36. The van der Waals surface area contributed by atoms with Crippen LogP contribution in [-0.2, 0) is 10.0 Å². The van der Waals surface area contributed by atoms with E-state index in [1.165, 1.54) is 6.92 Å². The third-order valence-corrected chi connectivity index (χ3v) is 4.38. The highest BCUT2D eigenvalue weighted by Gasteiger charge is 2.36. The normalized spacial score (nSPS) is 21.7. The SMILES string of the molecule is CC(N)(CCNS(=O)(=O)C1CC1)C(F)F. The van der Waals surface area contributed by atoms with E-state index >= 15 is 0 Å². The quantitative estimate of drug-likeness (QED) is 0.710. The number of nitrogens with one attached hydrogen (secondary N) is 1. The maximum Gasteiger partial charge on any atom is 0.256 e. The van der Waals surface area contributed by atoms with Gasteiger partial charge in [0.15, 0.2) is 0 Å². The van der Waals surface area contributed by atoms with Crippen molar-refractivity contribution in [2.45, 2.75) is 43.4 Å². The Labute approximate surface area is 88.3 Å². The Morgan fingerprint density at radius 2 is 2.07 bits per heavy atom. The minimum Gasteiger partial charge on any atom is -0.321 e. The summed E-state index contributed by atoms with van der Waals surface area (Å²) in [5.74, 6) is 0. The van der Waals surface area contributed by atoms with Crippen molar-refractivity contribution in [1.82, 2.24) is 4.72 Å². The van der Waals surface area contributed by atoms with Gasteiger partial charge in [0.2, 0.25) is 10.0 Å². The topological polar surface area (TPSA) is 72.2 Å². The molecule has 0 aromatic rings. The maximum absolute atomic E-state index is 12.3. The first-order valence-electron chi connectivity index (χ1n) is 4.81. The number of hydrogen-bond acceptors (Lipinski definition) is 3. The summed E-state index contributed by atoms with van der Waals surface area (Å²) in [6.45, 7) is 1.18. The molecule has 0 radical (unpaired) electrons. The van der Waals surface area contributed by atoms with E-state index in [2.05, 4.69) is 4.72 Å². The molecule has 1 saturated carbocycles. The van der Waals surface area contributed by atoms with Crippen LogP contribution in [-0.4, -0.2) is 32.2 Å². The van der Waals surface area contributed by atoms with Crippen LogP contribution in [0, 0.1) is 0 Å². The fourth-order valence-electron chi connectivity index (χ4n) is 1.07. The van der Waals surface area contributed by atoms with E-state index in [1.807, 2.05) is 0 Å². The van der Waals surface area contributed by atoms with Gasteiger partial charge in [-0.3, -0.25) is 0 Å². The van der Waals surface area contributed by atoms with Crippen molar-refractivity contribution in [3.8, 4) is 0 Å². The predicted molar refractivity (Wildman–Crippen MR) is 53.2 cm³/mol. The summed E-state index contributed by atoms with van der Waals surface area (Å²) < 4.78 is 49.5. The standard InChI is InChI=1S/C8H16F2N2O2S/c1-8(11,7(9)10)4-5-12-15(13,14)6-2-3-6/h6-7,12H,2-5,11H2,1H3. The molecule has 7 heteroatoms. The second-order valence-electron chi connectivity index (χ2n) is 4.20. The molecule has 1 aliphatic rings. The Hall–Kier alpha value is -0.270. The van der Waals surface area contributed by atoms with Gasteiger partial charge in [-0.1, -0.05) is 0 Å². The highest BCUT2D eigenvalue weighted by Crippen LogP contribution is 2.27. The predicted octanol–water partition coefficient (Wildman–Crippen LogP) is 0.441. The van der Waals surface area contributed by atoms with Gasteiger partial charge in [0, 0.05) is 6.54 Å². The molecule has 0 aromatic carbocycles. The molecule has 0 spiro atoms. The lowest BCUT2D eigenvalue weighted by atomic mass is 10.0. The third-order valence-electron chi connectivity index (χ3n) is 2.43. The summed E-state index contributed by atoms with van der Waals surface area (Å²) in [6, 6.07) is 0. The van der Waals surface area contributed by atoms with Crippen molar-refractivity contribution in [1.29, 1.82) is 0 Å². The van der Waals surface area contributed by atoms with Crippen LogP contribution in [0.5, 0.6) is 0 Å². The van der Waals surface area contributed by atoms with Crippen molar-refractivity contribution in [2.24, 2.45) is 5.73 Å². The number of halogens is 2. The first-order valence-corrected chi connectivity index (χ1v) is 6.36. The molecule has 0 saturated heterocycles. The molecule has 0 bridgehead atoms. The van der Waals surface area contributed by atoms with E-state index < -0.39 is 22.0 Å². The first-order chi connectivity index (χ1) is 6.76. The smallest absolute Gasteiger partial charge is 0.256 e. The number of hydrogen-bond donors (Lipinski definition) is 2. The van der Waals surface area contributed by atoms with Crippen LogP contribution in [0.25, 0.3) is 0 Å². The lowest BCUT2D eigenvalue weighted by Crippen LogP contribution is -2.46. The van der Waals surface area contributed by atoms with E-state index in [-0.39, 0.29) is 18.2 Å². The summed E-state index contributed by atoms with van der Waals surface area (Å²) >= 11 is 0. The summed E-state index contributed by atoms with van der Waals surface area (Å²) in [5, 5.41) is -0.326. The van der Waals surface area contributed by atoms with Crippen LogP contribution in [0.2, 0.25) is 0 Å². The fraction of sp³-hybridized carbons (Fsp3) is 1.00. The van der Waals surface area contributed by atoms with Crippen LogP contribution in [0.3, 0.4) is 0 Å². The molecular formula is C8H16F2N2O2S. The summed E-state index contributed by atoms with van der Waals surface area (Å²) in [5.41, 5.74) is 3.66. The molecule has 1 fully saturated rings. The molecule has 0 aliphatic heterocycles. The van der Waals surface area contributed by atoms with Crippen molar-refractivity contribution < 1.29 is 17.2 Å². The van der Waals surface area contributed by atoms with Crippen LogP contribution >= 0.6 is 0 Å². The monoisotopic (exact) mass is 242 g/mol. The Morgan fingerprint density at radius 1 is 1.53 bits per heavy atom. The second-order valence-corrected chi connectivity index (χ2v) is 6.24. The second kappa shape index (κ2) is 4.31. The molecule has 1 aliphatic carbocycles. The lowest BCUT2D eigenvalue weighted by Gasteiger charge is -2.23. The van der Waals surface area contributed by atoms with E-state index in [9.17, 15) is 17.2 Å². The number of alkyl halides is 2. The third kappa shape index (κ3) is 3.66. The Bertz CT molecular complexity index is 313. The van der Waals surface area contributed by atoms with Gasteiger partial charge in [0.1, 0.15) is 0 Å². The molecule has 0 amide bonds. The Morgan fingerprint density at radius 3 is 2.47 bits per heavy atom. The number of rotatable bonds is 6. The molecule has 15 heavy (non-hydrogen) atoms. The van der Waals surface area contributed by atoms with Gasteiger partial charge in [-0.05, 0) is 26.2 Å². The van der Waals surface area contributed by atoms with Gasteiger partial charge in [0.25, 0.3) is 6.43 Å². The van der Waals surface area contributed by atoms with Gasteiger partial charge in [-0.2, -0.15) is 0 Å². The van der Waals surface area contributed by atoms with Gasteiger partial charge < -0.3 is 5.73 Å². The molecule has 1 rings (SSSR count). The van der Waals surface area contributed by atoms with Gasteiger partial charge in [-0.15, -0.1) is 0 Å². The summed E-state index contributed by atoms with van der Waals surface area (Å²) in [6.07, 6.45) is -1.41. The summed E-state index contributed by atoms with van der Waals surface area (Å²) in [4.78, 5) is 0. The van der Waals surface area contributed by atoms with E-state index in [0.29, 0.717) is 12.8 Å². The van der Waals surface area contributed by atoms with Crippen LogP contribution < -0.4 is 10.5 Å². The van der Waals surface area contributed by atoms with Crippen LogP contribution in [0.4, 0.5) is 8.78 Å². The molecule has 1 unspecified atom stereocenters. The molecule has 0 heterocycles. The molecule has 4 nitrogen and oxygen atoms in total. The van der Waals surface area contributed by atoms with E-state index in [1.54, 1.807) is 0 Å². The van der Waals surface area contributed by atoms with Crippen molar-refractivity contribution in [3.05, 3.63) is 0 Å². The average Bonchev–Trinajstić information content (AvgIpc) is 2.84. The first kappa shape index (κ1) is 12.8. The maximum atomic E-state index is 12.3. The van der Waals surface area contributed by atoms with Crippen LogP contribution in [0.1, 0.15) is 26.2 Å². The zero-order valence-electron chi connectivity index (χ0n) is 8.54. The Kier molecular flexibility index (Phi) is 3.67. The van der Waals surface area contributed by atoms with Crippen LogP contribution in [0.15, 0.2) is 0 Å². The molecule has 3 N–H and O–H groups in total. The number of nitrogens with two attached hydrogens (primary N) is 1. The fourth-order valence-corrected chi connectivity index (χ4v) is 2.45. The lowest BCUT2D eigenvalue weighted by molar-refractivity contribution is 0.0598. The van der Waals surface area contributed by atoms with E-state index in [4.69, 9.17) is 5.73 Å². The van der Waals surface area contributed by atoms with Gasteiger partial charge >= 0.3 is 0 Å². The van der Waals surface area contributed by atoms with Gasteiger partial charge in [-0.25, -0.2) is 21.9 Å². The minimum absolute atomic E-state index is 0.0316. The summed E-state index contributed by atoms with van der Waals surface area (Å²) in [7, 11) is -3.29.